The molecule has 2 N–H and O–H groups in total. The van der Waals surface area contributed by atoms with E-state index in [-0.39, 0.29) is 19.2 Å². The van der Waals surface area contributed by atoms with Gasteiger partial charge < -0.3 is 33.7 Å². The Balaban J connectivity index is 1.32. The van der Waals surface area contributed by atoms with Gasteiger partial charge in [0, 0.05) is 11.8 Å². The van der Waals surface area contributed by atoms with Gasteiger partial charge in [0.05, 0.1) is 32.4 Å². The second kappa shape index (κ2) is 16.0. The van der Waals surface area contributed by atoms with Crippen molar-refractivity contribution in [1.29, 1.82) is 0 Å². The van der Waals surface area contributed by atoms with Gasteiger partial charge >= 0.3 is 6.09 Å². The van der Waals surface area contributed by atoms with Crippen molar-refractivity contribution in [3.8, 4) is 5.88 Å². The monoisotopic (exact) mass is 742 g/mol. The summed E-state index contributed by atoms with van der Waals surface area (Å²) < 4.78 is 26.7. The zero-order valence-electron chi connectivity index (χ0n) is 31.4. The lowest BCUT2D eigenvalue weighted by atomic mass is 9.80. The molecule has 4 aromatic carbocycles. The Morgan fingerprint density at radius 3 is 1.84 bits per heavy atom. The summed E-state index contributed by atoms with van der Waals surface area (Å²) in [5.74, 6) is 0.287. The number of likely N-dealkylation sites (tertiary alicyclic amines) is 1. The van der Waals surface area contributed by atoms with Crippen LogP contribution in [0.3, 0.4) is 0 Å². The molecule has 11 heteroatoms. The first-order valence-electron chi connectivity index (χ1n) is 18.3. The summed E-state index contributed by atoms with van der Waals surface area (Å²) in [5, 5.41) is 24.0. The third kappa shape index (κ3) is 7.56. The molecular formula is C44H46N4O7. The Hall–Kier alpha value is -5.59. The van der Waals surface area contributed by atoms with Gasteiger partial charge in [-0.2, -0.15) is 4.98 Å². The Morgan fingerprint density at radius 2 is 1.31 bits per heavy atom. The minimum absolute atomic E-state index is 0.0905. The summed E-state index contributed by atoms with van der Waals surface area (Å²) in [4.78, 5) is 24.8. The molecular weight excluding hydrogens is 697 g/mol. The van der Waals surface area contributed by atoms with Crippen molar-refractivity contribution in [2.45, 2.75) is 69.6 Å². The summed E-state index contributed by atoms with van der Waals surface area (Å²) >= 11 is 0. The number of amides is 1. The number of nitrogens with zero attached hydrogens (tertiary/aromatic N) is 4. The zero-order valence-corrected chi connectivity index (χ0v) is 31.4. The van der Waals surface area contributed by atoms with Crippen LogP contribution in [0.25, 0.3) is 11.0 Å². The van der Waals surface area contributed by atoms with Crippen molar-refractivity contribution in [3.63, 3.8) is 0 Å². The third-order valence-corrected chi connectivity index (χ3v) is 9.84. The van der Waals surface area contributed by atoms with E-state index in [2.05, 4.69) is 9.97 Å². The van der Waals surface area contributed by atoms with Crippen molar-refractivity contribution < 1.29 is 34.0 Å². The van der Waals surface area contributed by atoms with E-state index >= 15 is 0 Å². The number of aliphatic hydroxyl groups is 2. The fraction of sp³-hybridized carbons (Fsp3) is 0.295. The van der Waals surface area contributed by atoms with Crippen molar-refractivity contribution in [3.05, 3.63) is 162 Å². The molecule has 0 spiro atoms. The molecule has 1 fully saturated rings. The first kappa shape index (κ1) is 37.7. The Labute approximate surface area is 320 Å². The van der Waals surface area contributed by atoms with Gasteiger partial charge in [0.2, 0.25) is 5.88 Å². The summed E-state index contributed by atoms with van der Waals surface area (Å²) in [5.41, 5.74) is 2.89. The molecule has 3 heterocycles. The van der Waals surface area contributed by atoms with Crippen LogP contribution in [0.15, 0.2) is 134 Å². The number of hydrogen-bond acceptors (Lipinski definition) is 9. The lowest BCUT2D eigenvalue weighted by Crippen LogP contribution is -2.47. The van der Waals surface area contributed by atoms with Crippen molar-refractivity contribution in [2.75, 3.05) is 13.7 Å². The van der Waals surface area contributed by atoms with Crippen LogP contribution in [0.4, 0.5) is 4.79 Å². The number of benzene rings is 4. The molecule has 2 aromatic heterocycles. The van der Waals surface area contributed by atoms with Crippen LogP contribution in [-0.2, 0) is 33.1 Å². The zero-order chi connectivity index (χ0) is 38.6. The van der Waals surface area contributed by atoms with E-state index in [1.54, 1.807) is 31.5 Å². The van der Waals surface area contributed by atoms with Gasteiger partial charge in [-0.15, -0.1) is 0 Å². The second-order valence-corrected chi connectivity index (χ2v) is 14.6. The molecule has 0 aliphatic carbocycles. The highest BCUT2D eigenvalue weighted by Crippen LogP contribution is 2.45. The molecule has 1 aliphatic heterocycles. The average Bonchev–Trinajstić information content (AvgIpc) is 3.69. The normalized spacial score (nSPS) is 18.8. The van der Waals surface area contributed by atoms with Crippen LogP contribution in [0.5, 0.6) is 5.88 Å². The first-order chi connectivity index (χ1) is 26.6. The second-order valence-electron chi connectivity index (χ2n) is 14.6. The standard InChI is InChI=1S/C44H46N4O7/c1-43(2,3)55-42(51)48-35(27-54-44(31-19-11-6-12-20-31,32-21-13-7-14-22-32)33-23-15-8-16-24-33)39(49)40(50)37(48)34-25-47(29-53-26-30-17-9-5-10-18-30)38-36(34)45-28-46-41(38)52-4/h5-25,28,35,37,39-40,49-50H,26-27,29H2,1-4H3. The van der Waals surface area contributed by atoms with E-state index in [4.69, 9.17) is 18.9 Å². The van der Waals surface area contributed by atoms with E-state index in [1.807, 2.05) is 121 Å². The van der Waals surface area contributed by atoms with Crippen LogP contribution in [0.2, 0.25) is 0 Å². The van der Waals surface area contributed by atoms with Crippen LogP contribution >= 0.6 is 0 Å². The van der Waals surface area contributed by atoms with E-state index < -0.39 is 41.6 Å². The maximum atomic E-state index is 14.4. The van der Waals surface area contributed by atoms with Crippen LogP contribution in [0.1, 0.15) is 54.6 Å². The minimum atomic E-state index is -1.45. The third-order valence-electron chi connectivity index (χ3n) is 9.84. The topological polar surface area (TPSA) is 128 Å². The van der Waals surface area contributed by atoms with Gasteiger partial charge in [-0.25, -0.2) is 9.78 Å². The number of rotatable bonds is 12. The minimum Gasteiger partial charge on any atom is -0.479 e. The maximum Gasteiger partial charge on any atom is 0.411 e. The highest BCUT2D eigenvalue weighted by atomic mass is 16.6. The molecule has 0 saturated carbocycles. The number of ether oxygens (including phenoxy) is 4. The highest BCUT2D eigenvalue weighted by molar-refractivity contribution is 5.85. The molecule has 11 nitrogen and oxygen atoms in total. The Morgan fingerprint density at radius 1 is 0.764 bits per heavy atom. The van der Waals surface area contributed by atoms with E-state index in [9.17, 15) is 15.0 Å². The molecule has 6 aromatic rings. The highest BCUT2D eigenvalue weighted by Gasteiger charge is 2.54. The molecule has 4 unspecified atom stereocenters. The van der Waals surface area contributed by atoms with E-state index in [1.165, 1.54) is 18.3 Å². The maximum absolute atomic E-state index is 14.4. The molecule has 284 valence electrons. The largest absolute Gasteiger partial charge is 0.479 e. The SMILES string of the molecule is COc1ncnc2c(C3C(O)C(O)C(COC(c4ccccc4)(c4ccccc4)c4ccccc4)N3C(=O)OC(C)(C)C)cn(COCc3ccccc3)c12. The molecule has 7 rings (SSSR count). The first-order valence-corrected chi connectivity index (χ1v) is 18.3. The molecule has 0 radical (unpaired) electrons. The van der Waals surface area contributed by atoms with Crippen molar-refractivity contribution in [2.24, 2.45) is 0 Å². The predicted molar refractivity (Wildman–Crippen MR) is 207 cm³/mol. The van der Waals surface area contributed by atoms with Crippen molar-refractivity contribution in [1.82, 2.24) is 19.4 Å². The fourth-order valence-corrected chi connectivity index (χ4v) is 7.44. The smallest absolute Gasteiger partial charge is 0.411 e. The van der Waals surface area contributed by atoms with Gasteiger partial charge in [0.15, 0.2) is 0 Å². The lowest BCUT2D eigenvalue weighted by Gasteiger charge is -2.39. The summed E-state index contributed by atoms with van der Waals surface area (Å²) in [6, 6.07) is 37.1. The number of carbonyl (C=O) groups is 1. The number of carbonyl (C=O) groups excluding carboxylic acids is 1. The summed E-state index contributed by atoms with van der Waals surface area (Å²) in [6.45, 7) is 5.57. The van der Waals surface area contributed by atoms with Crippen LogP contribution in [-0.4, -0.2) is 73.3 Å². The van der Waals surface area contributed by atoms with E-state index in [0.717, 1.165) is 22.3 Å². The van der Waals surface area contributed by atoms with Gasteiger partial charge in [-0.3, -0.25) is 4.90 Å². The molecule has 1 saturated heterocycles. The van der Waals surface area contributed by atoms with Gasteiger partial charge in [0.25, 0.3) is 0 Å². The van der Waals surface area contributed by atoms with E-state index in [0.29, 0.717) is 23.2 Å². The number of aromatic nitrogens is 3. The van der Waals surface area contributed by atoms with Gasteiger partial charge in [-0.05, 0) is 43.0 Å². The lowest BCUT2D eigenvalue weighted by molar-refractivity contribution is -0.0499. The number of hydrogen-bond donors (Lipinski definition) is 2. The number of aliphatic hydroxyl groups excluding tert-OH is 2. The average molecular weight is 743 g/mol. The number of fused-ring (bicyclic) bond motifs is 1. The molecule has 0 bridgehead atoms. The fourth-order valence-electron chi connectivity index (χ4n) is 7.44. The van der Waals surface area contributed by atoms with Gasteiger partial charge in [0.1, 0.15) is 47.5 Å². The predicted octanol–water partition coefficient (Wildman–Crippen LogP) is 7.01. The quantitative estimate of drug-likeness (QED) is 0.127. The molecule has 55 heavy (non-hydrogen) atoms. The van der Waals surface area contributed by atoms with Gasteiger partial charge in [-0.1, -0.05) is 121 Å². The summed E-state index contributed by atoms with van der Waals surface area (Å²) in [7, 11) is 1.51. The van der Waals surface area contributed by atoms with Crippen molar-refractivity contribution >= 4 is 17.1 Å². The van der Waals surface area contributed by atoms with Crippen LogP contribution < -0.4 is 4.74 Å². The number of methoxy groups -OCH3 is 1. The Bertz CT molecular complexity index is 2080. The van der Waals surface area contributed by atoms with Crippen LogP contribution in [0, 0.1) is 0 Å². The Kier molecular flexibility index (Phi) is 11.0. The molecule has 4 atom stereocenters. The molecule has 1 amide bonds. The summed E-state index contributed by atoms with van der Waals surface area (Å²) in [6.07, 6.45) is -0.492. The molecule has 1 aliphatic rings.